The maximum atomic E-state index is 6.15. The van der Waals surface area contributed by atoms with Gasteiger partial charge in [0.15, 0.2) is 0 Å². The molecule has 0 saturated heterocycles. The van der Waals surface area contributed by atoms with E-state index in [1.165, 1.54) is 0 Å². The molecule has 86 valence electrons. The largest absolute Gasteiger partial charge is 0.467 e. The Morgan fingerprint density at radius 3 is 2.76 bits per heavy atom. The minimum atomic E-state index is -0.331. The van der Waals surface area contributed by atoms with E-state index in [2.05, 4.69) is 4.98 Å². The van der Waals surface area contributed by atoms with Crippen LogP contribution in [-0.2, 0) is 7.05 Å². The van der Waals surface area contributed by atoms with Crippen molar-refractivity contribution in [1.82, 2.24) is 9.55 Å². The molecule has 2 N–H and O–H groups in total. The lowest BCUT2D eigenvalue weighted by molar-refractivity contribution is 0.478. The molecule has 0 aliphatic heterocycles. The quantitative estimate of drug-likeness (QED) is 0.730. The van der Waals surface area contributed by atoms with Crippen molar-refractivity contribution < 1.29 is 4.42 Å². The maximum Gasteiger partial charge on any atom is 0.134 e. The Morgan fingerprint density at radius 2 is 2.06 bits per heavy atom. The van der Waals surface area contributed by atoms with E-state index in [4.69, 9.17) is 10.2 Å². The van der Waals surface area contributed by atoms with Gasteiger partial charge in [-0.05, 0) is 24.3 Å². The van der Waals surface area contributed by atoms with Crippen LogP contribution in [0.5, 0.6) is 0 Å². The van der Waals surface area contributed by atoms with Gasteiger partial charge in [-0.15, -0.1) is 0 Å². The van der Waals surface area contributed by atoms with Crippen molar-refractivity contribution in [3.8, 4) is 0 Å². The number of aromatic nitrogens is 2. The van der Waals surface area contributed by atoms with Gasteiger partial charge in [-0.3, -0.25) is 0 Å². The van der Waals surface area contributed by atoms with E-state index in [0.717, 1.165) is 22.6 Å². The second-order valence-electron chi connectivity index (χ2n) is 4.01. The normalized spacial score (nSPS) is 13.1. The van der Waals surface area contributed by atoms with E-state index in [1.807, 2.05) is 48.0 Å². The third kappa shape index (κ3) is 1.54. The topological polar surface area (TPSA) is 57.0 Å². The molecule has 2 aromatic heterocycles. The van der Waals surface area contributed by atoms with Gasteiger partial charge in [0, 0.05) is 7.05 Å². The first-order chi connectivity index (χ1) is 8.27. The van der Waals surface area contributed by atoms with Crippen LogP contribution in [0.3, 0.4) is 0 Å². The van der Waals surface area contributed by atoms with Gasteiger partial charge in [0.25, 0.3) is 0 Å². The number of imidazole rings is 1. The number of para-hydroxylation sites is 2. The van der Waals surface area contributed by atoms with Gasteiger partial charge < -0.3 is 14.7 Å². The van der Waals surface area contributed by atoms with Crippen LogP contribution in [0.15, 0.2) is 47.1 Å². The van der Waals surface area contributed by atoms with Crippen molar-refractivity contribution in [3.05, 3.63) is 54.2 Å². The van der Waals surface area contributed by atoms with E-state index < -0.39 is 0 Å². The lowest BCUT2D eigenvalue weighted by Gasteiger charge is -2.08. The first-order valence-electron chi connectivity index (χ1n) is 5.47. The van der Waals surface area contributed by atoms with Crippen molar-refractivity contribution >= 4 is 11.0 Å². The predicted octanol–water partition coefficient (Wildman–Crippen LogP) is 2.21. The molecule has 1 aromatic carbocycles. The second-order valence-corrected chi connectivity index (χ2v) is 4.01. The molecule has 0 fully saturated rings. The van der Waals surface area contributed by atoms with Crippen LogP contribution in [-0.4, -0.2) is 9.55 Å². The fraction of sp³-hybridized carbons (Fsp3) is 0.154. The highest BCUT2D eigenvalue weighted by Crippen LogP contribution is 2.22. The fourth-order valence-corrected chi connectivity index (χ4v) is 2.04. The Hall–Kier alpha value is -2.07. The Bertz CT molecular complexity index is 640. The summed E-state index contributed by atoms with van der Waals surface area (Å²) in [4.78, 5) is 4.55. The zero-order valence-corrected chi connectivity index (χ0v) is 9.50. The predicted molar refractivity (Wildman–Crippen MR) is 65.5 cm³/mol. The van der Waals surface area contributed by atoms with Crippen molar-refractivity contribution in [2.24, 2.45) is 12.8 Å². The summed E-state index contributed by atoms with van der Waals surface area (Å²) >= 11 is 0. The van der Waals surface area contributed by atoms with Crippen molar-refractivity contribution in [1.29, 1.82) is 0 Å². The summed E-state index contributed by atoms with van der Waals surface area (Å²) in [5.41, 5.74) is 8.17. The highest BCUT2D eigenvalue weighted by molar-refractivity contribution is 5.75. The molecule has 17 heavy (non-hydrogen) atoms. The lowest BCUT2D eigenvalue weighted by atomic mass is 10.2. The molecule has 1 unspecified atom stereocenters. The summed E-state index contributed by atoms with van der Waals surface area (Å²) in [6.07, 6.45) is 1.62. The molecule has 3 aromatic rings. The number of fused-ring (bicyclic) bond motifs is 1. The Labute approximate surface area is 98.7 Å². The molecule has 2 heterocycles. The van der Waals surface area contributed by atoms with Gasteiger partial charge >= 0.3 is 0 Å². The van der Waals surface area contributed by atoms with Crippen molar-refractivity contribution in [2.75, 3.05) is 0 Å². The van der Waals surface area contributed by atoms with Gasteiger partial charge in [-0.25, -0.2) is 4.98 Å². The van der Waals surface area contributed by atoms with Gasteiger partial charge in [0.2, 0.25) is 0 Å². The second kappa shape index (κ2) is 3.75. The number of furan rings is 1. The number of aryl methyl sites for hydroxylation is 1. The molecule has 0 aliphatic rings. The number of nitrogens with two attached hydrogens (primary N) is 1. The zero-order valence-electron chi connectivity index (χ0n) is 9.50. The zero-order chi connectivity index (χ0) is 11.8. The third-order valence-electron chi connectivity index (χ3n) is 2.95. The monoisotopic (exact) mass is 227 g/mol. The average Bonchev–Trinajstić information content (AvgIpc) is 2.97. The molecule has 0 radical (unpaired) electrons. The number of hydrogen-bond donors (Lipinski definition) is 1. The first kappa shape index (κ1) is 10.1. The Balaban J connectivity index is 2.15. The third-order valence-corrected chi connectivity index (χ3v) is 2.95. The number of rotatable bonds is 2. The minimum Gasteiger partial charge on any atom is -0.467 e. The molecule has 0 amide bonds. The molecule has 0 bridgehead atoms. The highest BCUT2D eigenvalue weighted by Gasteiger charge is 2.18. The SMILES string of the molecule is Cn1c(C(N)c2ccco2)nc2ccccc21. The number of nitrogens with zero attached hydrogens (tertiary/aromatic N) is 2. The van der Waals surface area contributed by atoms with Crippen molar-refractivity contribution in [2.45, 2.75) is 6.04 Å². The molecular weight excluding hydrogens is 214 g/mol. The summed E-state index contributed by atoms with van der Waals surface area (Å²) in [5.74, 6) is 1.53. The molecule has 0 spiro atoms. The van der Waals surface area contributed by atoms with Crippen LogP contribution in [0.4, 0.5) is 0 Å². The van der Waals surface area contributed by atoms with Crippen LogP contribution in [0, 0.1) is 0 Å². The molecule has 4 nitrogen and oxygen atoms in total. The van der Waals surface area contributed by atoms with E-state index in [-0.39, 0.29) is 6.04 Å². The van der Waals surface area contributed by atoms with E-state index >= 15 is 0 Å². The van der Waals surface area contributed by atoms with Crippen LogP contribution >= 0.6 is 0 Å². The summed E-state index contributed by atoms with van der Waals surface area (Å²) in [6.45, 7) is 0. The van der Waals surface area contributed by atoms with Crippen molar-refractivity contribution in [3.63, 3.8) is 0 Å². The summed E-state index contributed by atoms with van der Waals surface area (Å²) in [7, 11) is 1.97. The number of hydrogen-bond acceptors (Lipinski definition) is 3. The van der Waals surface area contributed by atoms with Crippen LogP contribution in [0.25, 0.3) is 11.0 Å². The van der Waals surface area contributed by atoms with E-state index in [0.29, 0.717) is 0 Å². The smallest absolute Gasteiger partial charge is 0.134 e. The number of benzene rings is 1. The first-order valence-corrected chi connectivity index (χ1v) is 5.47. The lowest BCUT2D eigenvalue weighted by Crippen LogP contribution is -2.15. The van der Waals surface area contributed by atoms with E-state index in [1.54, 1.807) is 6.26 Å². The minimum absolute atomic E-state index is 0.331. The highest BCUT2D eigenvalue weighted by atomic mass is 16.3. The molecule has 4 heteroatoms. The van der Waals surface area contributed by atoms with Gasteiger partial charge in [0.05, 0.1) is 17.3 Å². The van der Waals surface area contributed by atoms with Gasteiger partial charge in [0.1, 0.15) is 17.6 Å². The Kier molecular flexibility index (Phi) is 2.23. The summed E-state index contributed by atoms with van der Waals surface area (Å²) < 4.78 is 7.32. The van der Waals surface area contributed by atoms with Gasteiger partial charge in [-0.2, -0.15) is 0 Å². The average molecular weight is 227 g/mol. The molecule has 1 atom stereocenters. The van der Waals surface area contributed by atoms with Gasteiger partial charge in [-0.1, -0.05) is 12.1 Å². The molecule has 3 rings (SSSR count). The van der Waals surface area contributed by atoms with E-state index in [9.17, 15) is 0 Å². The summed E-state index contributed by atoms with van der Waals surface area (Å²) in [5, 5.41) is 0. The summed E-state index contributed by atoms with van der Waals surface area (Å²) in [6, 6.07) is 11.3. The van der Waals surface area contributed by atoms with Crippen LogP contribution in [0.1, 0.15) is 17.6 Å². The van der Waals surface area contributed by atoms with Crippen LogP contribution < -0.4 is 5.73 Å². The molecule has 0 saturated carbocycles. The molecular formula is C13H13N3O. The maximum absolute atomic E-state index is 6.15. The Morgan fingerprint density at radius 1 is 1.24 bits per heavy atom. The fourth-order valence-electron chi connectivity index (χ4n) is 2.04. The van der Waals surface area contributed by atoms with Crippen LogP contribution in [0.2, 0.25) is 0 Å². The standard InChI is InChI=1S/C13H13N3O/c1-16-10-6-3-2-5-9(10)15-13(16)12(14)11-7-4-8-17-11/h2-8,12H,14H2,1H3. The molecule has 0 aliphatic carbocycles.